The molecule has 1 saturated carbocycles. The number of carbonyl (C=O) groups is 1. The van der Waals surface area contributed by atoms with Gasteiger partial charge in [0.05, 0.1) is 6.04 Å². The van der Waals surface area contributed by atoms with Crippen molar-refractivity contribution in [2.45, 2.75) is 44.7 Å². The molecule has 0 spiro atoms. The summed E-state index contributed by atoms with van der Waals surface area (Å²) in [6, 6.07) is 0.0428. The first kappa shape index (κ1) is 12.8. The number of amides is 1. The molecular weight excluding hydrogens is 208 g/mol. The number of nitrogens with two attached hydrogens (primary N) is 1. The van der Waals surface area contributed by atoms with E-state index in [-0.39, 0.29) is 11.9 Å². The first-order valence-corrected chi connectivity index (χ1v) is 7.07. The predicted octanol–water partition coefficient (Wildman–Crippen LogP) is 1.37. The molecular formula is C11H22N2OS. The van der Waals surface area contributed by atoms with Crippen LogP contribution in [0.25, 0.3) is 0 Å². The molecule has 1 rings (SSSR count). The van der Waals surface area contributed by atoms with Crippen LogP contribution in [0.2, 0.25) is 0 Å². The lowest BCUT2D eigenvalue weighted by Crippen LogP contribution is -2.44. The van der Waals surface area contributed by atoms with E-state index < -0.39 is 0 Å². The third kappa shape index (κ3) is 4.43. The highest BCUT2D eigenvalue weighted by atomic mass is 32.2. The number of carbonyl (C=O) groups excluding carboxylic acids is 1. The van der Waals surface area contributed by atoms with Crippen molar-refractivity contribution in [2.24, 2.45) is 11.7 Å². The van der Waals surface area contributed by atoms with Gasteiger partial charge in [-0.3, -0.25) is 4.79 Å². The van der Waals surface area contributed by atoms with E-state index in [1.54, 1.807) is 11.8 Å². The zero-order chi connectivity index (χ0) is 11.3. The SMILES string of the molecule is CSCC[C@H](N)C(=O)NC1CCC(C)C1. The van der Waals surface area contributed by atoms with E-state index in [9.17, 15) is 4.79 Å². The Balaban J connectivity index is 2.22. The van der Waals surface area contributed by atoms with Crippen molar-refractivity contribution >= 4 is 17.7 Å². The minimum absolute atomic E-state index is 0.0307. The number of rotatable bonds is 5. The lowest BCUT2D eigenvalue weighted by molar-refractivity contribution is -0.123. The van der Waals surface area contributed by atoms with Gasteiger partial charge in [0.1, 0.15) is 0 Å². The van der Waals surface area contributed by atoms with Gasteiger partial charge in [0, 0.05) is 6.04 Å². The van der Waals surface area contributed by atoms with Crippen LogP contribution in [0, 0.1) is 5.92 Å². The molecule has 4 heteroatoms. The zero-order valence-corrected chi connectivity index (χ0v) is 10.5. The largest absolute Gasteiger partial charge is 0.352 e. The van der Waals surface area contributed by atoms with Crippen molar-refractivity contribution in [3.05, 3.63) is 0 Å². The van der Waals surface area contributed by atoms with Crippen LogP contribution in [-0.4, -0.2) is 30.0 Å². The van der Waals surface area contributed by atoms with E-state index in [1.165, 1.54) is 6.42 Å². The predicted molar refractivity (Wildman–Crippen MR) is 65.9 cm³/mol. The van der Waals surface area contributed by atoms with Crippen LogP contribution in [0.4, 0.5) is 0 Å². The quantitative estimate of drug-likeness (QED) is 0.750. The van der Waals surface area contributed by atoms with Gasteiger partial charge >= 0.3 is 0 Å². The first-order chi connectivity index (χ1) is 7.13. The maximum atomic E-state index is 11.7. The second kappa shape index (κ2) is 6.38. The van der Waals surface area contributed by atoms with Crippen molar-refractivity contribution < 1.29 is 4.79 Å². The molecule has 0 bridgehead atoms. The number of hydrogen-bond donors (Lipinski definition) is 2. The molecule has 88 valence electrons. The molecule has 1 aliphatic rings. The molecule has 0 aromatic heterocycles. The maximum absolute atomic E-state index is 11.7. The van der Waals surface area contributed by atoms with Crippen molar-refractivity contribution in [1.82, 2.24) is 5.32 Å². The Morgan fingerprint density at radius 1 is 1.60 bits per heavy atom. The van der Waals surface area contributed by atoms with Crippen molar-refractivity contribution in [3.8, 4) is 0 Å². The Labute approximate surface area is 96.6 Å². The van der Waals surface area contributed by atoms with Crippen molar-refractivity contribution in [2.75, 3.05) is 12.0 Å². The fourth-order valence-corrected chi connectivity index (χ4v) is 2.51. The summed E-state index contributed by atoms with van der Waals surface area (Å²) >= 11 is 1.73. The zero-order valence-electron chi connectivity index (χ0n) is 9.66. The minimum atomic E-state index is -0.326. The standard InChI is InChI=1S/C11H22N2OS/c1-8-3-4-9(7-8)13-11(14)10(12)5-6-15-2/h8-10H,3-7,12H2,1-2H3,(H,13,14)/t8?,9?,10-/m0/s1. The van der Waals surface area contributed by atoms with Gasteiger partial charge in [-0.15, -0.1) is 0 Å². The fourth-order valence-electron chi connectivity index (χ4n) is 2.02. The third-order valence-electron chi connectivity index (χ3n) is 3.01. The van der Waals surface area contributed by atoms with Gasteiger partial charge in [-0.2, -0.15) is 11.8 Å². The van der Waals surface area contributed by atoms with Gasteiger partial charge in [-0.1, -0.05) is 6.92 Å². The normalized spacial score (nSPS) is 27.7. The van der Waals surface area contributed by atoms with Crippen LogP contribution < -0.4 is 11.1 Å². The summed E-state index contributed by atoms with van der Waals surface area (Å²) in [4.78, 5) is 11.7. The first-order valence-electron chi connectivity index (χ1n) is 5.68. The topological polar surface area (TPSA) is 55.1 Å². The van der Waals surface area contributed by atoms with Gasteiger partial charge in [0.2, 0.25) is 5.91 Å². The van der Waals surface area contributed by atoms with Gasteiger partial charge < -0.3 is 11.1 Å². The molecule has 0 radical (unpaired) electrons. The maximum Gasteiger partial charge on any atom is 0.237 e. The fraction of sp³-hybridized carbons (Fsp3) is 0.909. The summed E-state index contributed by atoms with van der Waals surface area (Å²) in [5.74, 6) is 1.73. The Morgan fingerprint density at radius 3 is 2.87 bits per heavy atom. The van der Waals surface area contributed by atoms with Crippen molar-refractivity contribution in [3.63, 3.8) is 0 Å². The summed E-state index contributed by atoms with van der Waals surface area (Å²) < 4.78 is 0. The number of thioether (sulfide) groups is 1. The highest BCUT2D eigenvalue weighted by Crippen LogP contribution is 2.24. The van der Waals surface area contributed by atoms with Crippen molar-refractivity contribution in [1.29, 1.82) is 0 Å². The smallest absolute Gasteiger partial charge is 0.237 e. The van der Waals surface area contributed by atoms with Crippen LogP contribution in [0.1, 0.15) is 32.6 Å². The number of hydrogen-bond acceptors (Lipinski definition) is 3. The molecule has 0 aromatic carbocycles. The van der Waals surface area contributed by atoms with E-state index in [0.29, 0.717) is 6.04 Å². The Hall–Kier alpha value is -0.220. The molecule has 3 nitrogen and oxygen atoms in total. The molecule has 2 unspecified atom stereocenters. The second-order valence-electron chi connectivity index (χ2n) is 4.51. The highest BCUT2D eigenvalue weighted by Gasteiger charge is 2.24. The monoisotopic (exact) mass is 230 g/mol. The summed E-state index contributed by atoms with van der Waals surface area (Å²) in [5.41, 5.74) is 5.79. The van der Waals surface area contributed by atoms with E-state index in [0.717, 1.165) is 30.9 Å². The average Bonchev–Trinajstić information content (AvgIpc) is 2.60. The summed E-state index contributed by atoms with van der Waals surface area (Å²) in [6.07, 6.45) is 6.26. The van der Waals surface area contributed by atoms with Crippen LogP contribution >= 0.6 is 11.8 Å². The molecule has 1 aliphatic carbocycles. The summed E-state index contributed by atoms with van der Waals surface area (Å²) in [6.45, 7) is 2.24. The average molecular weight is 230 g/mol. The molecule has 0 saturated heterocycles. The van der Waals surface area contributed by atoms with Gasteiger partial charge in [-0.25, -0.2) is 0 Å². The van der Waals surface area contributed by atoms with Gasteiger partial charge in [-0.05, 0) is 43.6 Å². The molecule has 15 heavy (non-hydrogen) atoms. The second-order valence-corrected chi connectivity index (χ2v) is 5.50. The van der Waals surface area contributed by atoms with Crippen LogP contribution in [0.5, 0.6) is 0 Å². The molecule has 0 aliphatic heterocycles. The Kier molecular flexibility index (Phi) is 5.47. The molecule has 0 heterocycles. The van der Waals surface area contributed by atoms with E-state index in [4.69, 9.17) is 5.73 Å². The lowest BCUT2D eigenvalue weighted by atomic mass is 10.1. The molecule has 1 amide bonds. The third-order valence-corrected chi connectivity index (χ3v) is 3.65. The summed E-state index contributed by atoms with van der Waals surface area (Å²) in [5, 5.41) is 3.04. The highest BCUT2D eigenvalue weighted by molar-refractivity contribution is 7.98. The van der Waals surface area contributed by atoms with Crippen LogP contribution in [0.3, 0.4) is 0 Å². The van der Waals surface area contributed by atoms with Crippen LogP contribution in [0.15, 0.2) is 0 Å². The Morgan fingerprint density at radius 2 is 2.33 bits per heavy atom. The lowest BCUT2D eigenvalue weighted by Gasteiger charge is -2.16. The van der Waals surface area contributed by atoms with Gasteiger partial charge in [0.15, 0.2) is 0 Å². The van der Waals surface area contributed by atoms with E-state index in [2.05, 4.69) is 12.2 Å². The summed E-state index contributed by atoms with van der Waals surface area (Å²) in [7, 11) is 0. The van der Waals surface area contributed by atoms with E-state index in [1.807, 2.05) is 6.26 Å². The van der Waals surface area contributed by atoms with E-state index >= 15 is 0 Å². The molecule has 3 N–H and O–H groups in total. The molecule has 1 fully saturated rings. The molecule has 3 atom stereocenters. The molecule has 0 aromatic rings. The minimum Gasteiger partial charge on any atom is -0.352 e. The Bertz CT molecular complexity index is 211. The van der Waals surface area contributed by atoms with Crippen LogP contribution in [-0.2, 0) is 4.79 Å². The van der Waals surface area contributed by atoms with Gasteiger partial charge in [0.25, 0.3) is 0 Å². The number of nitrogens with one attached hydrogen (secondary N) is 1.